The van der Waals surface area contributed by atoms with Crippen LogP contribution in [0.15, 0.2) is 12.2 Å². The van der Waals surface area contributed by atoms with Gasteiger partial charge in [-0.05, 0) is 37.5 Å². The van der Waals surface area contributed by atoms with E-state index in [0.717, 1.165) is 24.4 Å². The van der Waals surface area contributed by atoms with Gasteiger partial charge in [0.25, 0.3) is 0 Å². The fraction of sp³-hybridized carbons (Fsp3) is 0.846. The summed E-state index contributed by atoms with van der Waals surface area (Å²) in [5.74, 6) is 1.86. The molecule has 0 bridgehead atoms. The Labute approximate surface area is 88.0 Å². The molecule has 0 unspecified atom stereocenters. The maximum absolute atomic E-state index is 3.52. The van der Waals surface area contributed by atoms with Gasteiger partial charge >= 0.3 is 0 Å². The molecule has 0 atom stereocenters. The molecule has 1 nitrogen and oxygen atoms in total. The minimum atomic E-state index is 0.853. The van der Waals surface area contributed by atoms with E-state index in [2.05, 4.69) is 24.4 Å². The molecule has 0 aromatic rings. The fourth-order valence-electron chi connectivity index (χ4n) is 2.26. The predicted molar refractivity (Wildman–Crippen MR) is 61.3 cm³/mol. The highest BCUT2D eigenvalue weighted by atomic mass is 14.9. The van der Waals surface area contributed by atoms with E-state index in [-0.39, 0.29) is 0 Å². The Bertz CT molecular complexity index is 185. The second-order valence-corrected chi connectivity index (χ2v) is 5.13. The van der Waals surface area contributed by atoms with E-state index < -0.39 is 0 Å². The van der Waals surface area contributed by atoms with Gasteiger partial charge in [0.15, 0.2) is 0 Å². The van der Waals surface area contributed by atoms with Crippen LogP contribution in [0, 0.1) is 11.8 Å². The molecule has 2 rings (SSSR count). The van der Waals surface area contributed by atoms with Gasteiger partial charge in [0.05, 0.1) is 0 Å². The smallest absolute Gasteiger partial charge is 0.0137 e. The van der Waals surface area contributed by atoms with Gasteiger partial charge in [-0.25, -0.2) is 0 Å². The highest BCUT2D eigenvalue weighted by Crippen LogP contribution is 2.28. The van der Waals surface area contributed by atoms with Crippen LogP contribution in [0.2, 0.25) is 0 Å². The molecule has 0 aromatic heterocycles. The lowest BCUT2D eigenvalue weighted by atomic mass is 9.83. The summed E-state index contributed by atoms with van der Waals surface area (Å²) in [6, 6.07) is 0.853. The maximum Gasteiger partial charge on any atom is 0.0137 e. The van der Waals surface area contributed by atoms with Crippen molar-refractivity contribution < 1.29 is 0 Å². The van der Waals surface area contributed by atoms with Crippen molar-refractivity contribution in [1.82, 2.24) is 5.32 Å². The van der Waals surface area contributed by atoms with Crippen LogP contribution in [0.1, 0.15) is 45.4 Å². The van der Waals surface area contributed by atoms with E-state index in [9.17, 15) is 0 Å². The lowest BCUT2D eigenvalue weighted by Gasteiger charge is -2.23. The normalized spacial score (nSPS) is 33.8. The standard InChI is InChI=1S/C13H23N/c1-11-4-6-12(7-5-11)3-2-10-14-13-8-9-13/h2-3,11-14H,4-10H2,1H3. The summed E-state index contributed by atoms with van der Waals surface area (Å²) in [4.78, 5) is 0. The molecule has 14 heavy (non-hydrogen) atoms. The van der Waals surface area contributed by atoms with Crippen molar-refractivity contribution in [2.75, 3.05) is 6.54 Å². The number of nitrogens with one attached hydrogen (secondary N) is 1. The van der Waals surface area contributed by atoms with E-state index >= 15 is 0 Å². The summed E-state index contributed by atoms with van der Waals surface area (Å²) in [7, 11) is 0. The van der Waals surface area contributed by atoms with Crippen LogP contribution in [-0.2, 0) is 0 Å². The van der Waals surface area contributed by atoms with Crippen molar-refractivity contribution in [3.05, 3.63) is 12.2 Å². The van der Waals surface area contributed by atoms with Gasteiger partial charge in [0.2, 0.25) is 0 Å². The van der Waals surface area contributed by atoms with E-state index in [1.165, 1.54) is 38.5 Å². The van der Waals surface area contributed by atoms with Crippen molar-refractivity contribution in [3.8, 4) is 0 Å². The highest BCUT2D eigenvalue weighted by molar-refractivity contribution is 4.93. The van der Waals surface area contributed by atoms with Crippen LogP contribution in [0.5, 0.6) is 0 Å². The molecule has 2 aliphatic rings. The Balaban J connectivity index is 1.58. The second kappa shape index (κ2) is 4.97. The Morgan fingerprint density at radius 1 is 1.07 bits per heavy atom. The molecule has 0 aliphatic heterocycles. The molecule has 0 heterocycles. The van der Waals surface area contributed by atoms with Crippen molar-refractivity contribution in [2.24, 2.45) is 11.8 Å². The molecule has 0 saturated heterocycles. The van der Waals surface area contributed by atoms with Crippen LogP contribution in [0.3, 0.4) is 0 Å². The van der Waals surface area contributed by atoms with Crippen molar-refractivity contribution >= 4 is 0 Å². The van der Waals surface area contributed by atoms with Crippen molar-refractivity contribution in [2.45, 2.75) is 51.5 Å². The first-order chi connectivity index (χ1) is 6.84. The third-order valence-corrected chi connectivity index (χ3v) is 3.57. The molecule has 0 radical (unpaired) electrons. The second-order valence-electron chi connectivity index (χ2n) is 5.13. The monoisotopic (exact) mass is 193 g/mol. The molecule has 80 valence electrons. The fourth-order valence-corrected chi connectivity index (χ4v) is 2.26. The minimum absolute atomic E-state index is 0.853. The topological polar surface area (TPSA) is 12.0 Å². The van der Waals surface area contributed by atoms with Gasteiger partial charge in [0.1, 0.15) is 0 Å². The summed E-state index contributed by atoms with van der Waals surface area (Å²) >= 11 is 0. The molecule has 0 spiro atoms. The average Bonchev–Trinajstić information content (AvgIpc) is 2.99. The average molecular weight is 193 g/mol. The Kier molecular flexibility index (Phi) is 3.63. The summed E-state index contributed by atoms with van der Waals surface area (Å²) in [6.07, 6.45) is 13.3. The lowest BCUT2D eigenvalue weighted by molar-refractivity contribution is 0.330. The zero-order valence-corrected chi connectivity index (χ0v) is 9.34. The zero-order chi connectivity index (χ0) is 9.80. The van der Waals surface area contributed by atoms with Gasteiger partial charge in [0, 0.05) is 12.6 Å². The quantitative estimate of drug-likeness (QED) is 0.676. The molecule has 0 amide bonds. The predicted octanol–water partition coefficient (Wildman–Crippen LogP) is 3.12. The third kappa shape index (κ3) is 3.45. The Morgan fingerprint density at radius 3 is 2.43 bits per heavy atom. The number of hydrogen-bond acceptors (Lipinski definition) is 1. The summed E-state index contributed by atoms with van der Waals surface area (Å²) in [5.41, 5.74) is 0. The Morgan fingerprint density at radius 2 is 1.79 bits per heavy atom. The first-order valence-electron chi connectivity index (χ1n) is 6.24. The molecular weight excluding hydrogens is 170 g/mol. The zero-order valence-electron chi connectivity index (χ0n) is 9.34. The van der Waals surface area contributed by atoms with Crippen molar-refractivity contribution in [3.63, 3.8) is 0 Å². The first-order valence-corrected chi connectivity index (χ1v) is 6.24. The molecule has 1 N–H and O–H groups in total. The van der Waals surface area contributed by atoms with E-state index in [1.54, 1.807) is 0 Å². The van der Waals surface area contributed by atoms with Crippen LogP contribution in [0.4, 0.5) is 0 Å². The lowest BCUT2D eigenvalue weighted by Crippen LogP contribution is -2.16. The van der Waals surface area contributed by atoms with Crippen LogP contribution < -0.4 is 5.32 Å². The maximum atomic E-state index is 3.52. The third-order valence-electron chi connectivity index (χ3n) is 3.57. The summed E-state index contributed by atoms with van der Waals surface area (Å²) in [6.45, 7) is 3.48. The molecule has 0 aromatic carbocycles. The van der Waals surface area contributed by atoms with Gasteiger partial charge in [-0.15, -0.1) is 0 Å². The molecule has 2 fully saturated rings. The molecule has 1 heteroatoms. The molecule has 2 saturated carbocycles. The van der Waals surface area contributed by atoms with Crippen LogP contribution >= 0.6 is 0 Å². The summed E-state index contributed by atoms with van der Waals surface area (Å²) < 4.78 is 0. The van der Waals surface area contributed by atoms with E-state index in [4.69, 9.17) is 0 Å². The van der Waals surface area contributed by atoms with E-state index in [0.29, 0.717) is 0 Å². The minimum Gasteiger partial charge on any atom is -0.311 e. The number of hydrogen-bond donors (Lipinski definition) is 1. The summed E-state index contributed by atoms with van der Waals surface area (Å²) in [5, 5.41) is 3.52. The van der Waals surface area contributed by atoms with Gasteiger partial charge in [-0.1, -0.05) is 31.9 Å². The van der Waals surface area contributed by atoms with E-state index in [1.807, 2.05) is 0 Å². The highest BCUT2D eigenvalue weighted by Gasteiger charge is 2.19. The largest absolute Gasteiger partial charge is 0.311 e. The van der Waals surface area contributed by atoms with Gasteiger partial charge in [-0.3, -0.25) is 0 Å². The van der Waals surface area contributed by atoms with Crippen molar-refractivity contribution in [1.29, 1.82) is 0 Å². The number of rotatable bonds is 4. The van der Waals surface area contributed by atoms with Crippen LogP contribution in [0.25, 0.3) is 0 Å². The van der Waals surface area contributed by atoms with Gasteiger partial charge in [-0.2, -0.15) is 0 Å². The SMILES string of the molecule is CC1CCC(C=CCNC2CC2)CC1. The number of allylic oxidation sites excluding steroid dienone is 1. The molecular formula is C13H23N. The first kappa shape index (κ1) is 10.2. The van der Waals surface area contributed by atoms with Crippen LogP contribution in [-0.4, -0.2) is 12.6 Å². The molecule has 2 aliphatic carbocycles. The van der Waals surface area contributed by atoms with Gasteiger partial charge < -0.3 is 5.32 Å². The Hall–Kier alpha value is -0.300.